The number of thioether (sulfide) groups is 1. The van der Waals surface area contributed by atoms with Gasteiger partial charge in [-0.25, -0.2) is 4.39 Å². The molecule has 2 rings (SSSR count). The van der Waals surface area contributed by atoms with Gasteiger partial charge in [0.2, 0.25) is 5.91 Å². The van der Waals surface area contributed by atoms with Crippen LogP contribution in [0.3, 0.4) is 0 Å². The summed E-state index contributed by atoms with van der Waals surface area (Å²) in [7, 11) is 0. The van der Waals surface area contributed by atoms with Crippen molar-refractivity contribution in [3.63, 3.8) is 0 Å². The van der Waals surface area contributed by atoms with Gasteiger partial charge < -0.3 is 10.4 Å². The highest BCUT2D eigenvalue weighted by Gasteiger charge is 2.33. The van der Waals surface area contributed by atoms with Crippen LogP contribution in [-0.2, 0) is 9.59 Å². The molecule has 4 nitrogen and oxygen atoms in total. The second-order valence-corrected chi connectivity index (χ2v) is 6.66. The Bertz CT molecular complexity index is 521. The zero-order valence-corrected chi connectivity index (χ0v) is 13.1. The molecule has 0 radical (unpaired) electrons. The molecule has 0 spiro atoms. The minimum atomic E-state index is -0.800. The van der Waals surface area contributed by atoms with Crippen molar-refractivity contribution in [1.29, 1.82) is 0 Å². The summed E-state index contributed by atoms with van der Waals surface area (Å²) in [5.41, 5.74) is 0. The lowest BCUT2D eigenvalue weighted by Gasteiger charge is -2.10. The van der Waals surface area contributed by atoms with E-state index in [1.54, 1.807) is 23.9 Å². The number of carboxylic acids is 1. The molecule has 1 aromatic carbocycles. The molecule has 120 valence electrons. The van der Waals surface area contributed by atoms with Gasteiger partial charge in [-0.1, -0.05) is 0 Å². The van der Waals surface area contributed by atoms with Crippen LogP contribution in [-0.4, -0.2) is 29.3 Å². The van der Waals surface area contributed by atoms with Gasteiger partial charge in [0.05, 0.1) is 5.92 Å². The number of benzene rings is 1. The summed E-state index contributed by atoms with van der Waals surface area (Å²) in [5, 5.41) is 11.8. The van der Waals surface area contributed by atoms with E-state index in [0.29, 0.717) is 25.8 Å². The Morgan fingerprint density at radius 1 is 1.23 bits per heavy atom. The summed E-state index contributed by atoms with van der Waals surface area (Å²) in [6, 6.07) is 6.35. The van der Waals surface area contributed by atoms with Crippen molar-refractivity contribution in [3.8, 4) is 0 Å². The van der Waals surface area contributed by atoms with E-state index in [2.05, 4.69) is 5.32 Å². The van der Waals surface area contributed by atoms with Gasteiger partial charge in [-0.05, 0) is 55.7 Å². The predicted octanol–water partition coefficient (Wildman–Crippen LogP) is 2.93. The first-order chi connectivity index (χ1) is 10.6. The van der Waals surface area contributed by atoms with Crippen LogP contribution >= 0.6 is 11.8 Å². The van der Waals surface area contributed by atoms with Crippen molar-refractivity contribution in [2.75, 3.05) is 12.3 Å². The summed E-state index contributed by atoms with van der Waals surface area (Å²) in [6.45, 7) is 0.585. The monoisotopic (exact) mass is 325 g/mol. The lowest BCUT2D eigenvalue weighted by atomic mass is 10.0. The molecule has 0 bridgehead atoms. The van der Waals surface area contributed by atoms with E-state index in [1.165, 1.54) is 12.1 Å². The molecule has 0 heterocycles. The number of carboxylic acid groups (broad SMARTS) is 1. The fourth-order valence-electron chi connectivity index (χ4n) is 2.59. The molecule has 6 heteroatoms. The Balaban J connectivity index is 1.59. The van der Waals surface area contributed by atoms with Crippen LogP contribution in [0.4, 0.5) is 4.39 Å². The number of aliphatic carboxylic acids is 1. The smallest absolute Gasteiger partial charge is 0.306 e. The molecule has 1 saturated carbocycles. The molecule has 1 aromatic rings. The molecule has 1 aliphatic carbocycles. The van der Waals surface area contributed by atoms with Gasteiger partial charge in [-0.15, -0.1) is 11.8 Å². The van der Waals surface area contributed by atoms with E-state index >= 15 is 0 Å². The highest BCUT2D eigenvalue weighted by atomic mass is 32.2. The summed E-state index contributed by atoms with van der Waals surface area (Å²) < 4.78 is 12.8. The number of hydrogen-bond acceptors (Lipinski definition) is 3. The first-order valence-corrected chi connectivity index (χ1v) is 8.43. The Morgan fingerprint density at radius 2 is 1.91 bits per heavy atom. The molecule has 22 heavy (non-hydrogen) atoms. The van der Waals surface area contributed by atoms with Crippen LogP contribution in [0.1, 0.15) is 25.7 Å². The molecule has 2 N–H and O–H groups in total. The maximum Gasteiger partial charge on any atom is 0.306 e. The van der Waals surface area contributed by atoms with E-state index < -0.39 is 5.97 Å². The predicted molar refractivity (Wildman–Crippen MR) is 83.2 cm³/mol. The first-order valence-electron chi connectivity index (χ1n) is 7.45. The van der Waals surface area contributed by atoms with Crippen molar-refractivity contribution >= 4 is 23.6 Å². The molecular weight excluding hydrogens is 305 g/mol. The molecule has 0 unspecified atom stereocenters. The van der Waals surface area contributed by atoms with Crippen molar-refractivity contribution in [2.24, 2.45) is 11.8 Å². The van der Waals surface area contributed by atoms with Crippen molar-refractivity contribution in [2.45, 2.75) is 30.6 Å². The standard InChI is InChI=1S/C16H20FNO3S/c17-13-4-6-14(7-5-13)22-9-1-8-18-15(19)11-2-3-12(10-11)16(20)21/h4-7,11-12H,1-3,8-10H2,(H,18,19)(H,20,21)/t11-,12+/m0/s1. The van der Waals surface area contributed by atoms with Gasteiger partial charge in [0, 0.05) is 17.4 Å². The van der Waals surface area contributed by atoms with Gasteiger partial charge >= 0.3 is 5.97 Å². The van der Waals surface area contributed by atoms with Gasteiger partial charge in [-0.2, -0.15) is 0 Å². The molecule has 1 amide bonds. The highest BCUT2D eigenvalue weighted by Crippen LogP contribution is 2.31. The first kappa shape index (κ1) is 16.8. The van der Waals surface area contributed by atoms with Crippen molar-refractivity contribution < 1.29 is 19.1 Å². The average molecular weight is 325 g/mol. The second-order valence-electron chi connectivity index (χ2n) is 5.49. The van der Waals surface area contributed by atoms with Crippen LogP contribution in [0.25, 0.3) is 0 Å². The number of amides is 1. The lowest BCUT2D eigenvalue weighted by Crippen LogP contribution is -2.30. The third-order valence-electron chi connectivity index (χ3n) is 3.86. The Kier molecular flexibility index (Phi) is 6.24. The molecule has 0 aromatic heterocycles. The lowest BCUT2D eigenvalue weighted by molar-refractivity contribution is -0.141. The van der Waals surface area contributed by atoms with Gasteiger partial charge in [0.1, 0.15) is 5.82 Å². The number of nitrogens with one attached hydrogen (secondary N) is 1. The number of hydrogen-bond donors (Lipinski definition) is 2. The van der Waals surface area contributed by atoms with Gasteiger partial charge in [0.15, 0.2) is 0 Å². The summed E-state index contributed by atoms with van der Waals surface area (Å²) >= 11 is 1.62. The maximum absolute atomic E-state index is 12.8. The molecule has 1 aliphatic rings. The Hall–Kier alpha value is -1.56. The summed E-state index contributed by atoms with van der Waals surface area (Å²) in [4.78, 5) is 23.8. The number of carbonyl (C=O) groups is 2. The summed E-state index contributed by atoms with van der Waals surface area (Å²) in [6.07, 6.45) is 2.52. The van der Waals surface area contributed by atoms with Crippen molar-refractivity contribution in [1.82, 2.24) is 5.32 Å². The minimum Gasteiger partial charge on any atom is -0.481 e. The molecule has 2 atom stereocenters. The minimum absolute atomic E-state index is 0.0319. The Morgan fingerprint density at radius 3 is 2.55 bits per heavy atom. The number of carbonyl (C=O) groups excluding carboxylic acids is 1. The average Bonchev–Trinajstić information content (AvgIpc) is 2.99. The van der Waals surface area contributed by atoms with Crippen LogP contribution in [0, 0.1) is 17.7 Å². The fourth-order valence-corrected chi connectivity index (χ4v) is 3.45. The van der Waals surface area contributed by atoms with Crippen LogP contribution in [0.2, 0.25) is 0 Å². The third-order valence-corrected chi connectivity index (χ3v) is 4.95. The zero-order valence-electron chi connectivity index (χ0n) is 12.3. The second kappa shape index (κ2) is 8.17. The zero-order chi connectivity index (χ0) is 15.9. The third kappa shape index (κ3) is 5.02. The number of halogens is 1. The van der Waals surface area contributed by atoms with Gasteiger partial charge in [-0.3, -0.25) is 9.59 Å². The van der Waals surface area contributed by atoms with E-state index in [0.717, 1.165) is 17.1 Å². The van der Waals surface area contributed by atoms with E-state index in [4.69, 9.17) is 5.11 Å². The maximum atomic E-state index is 12.8. The molecule has 1 fully saturated rings. The normalized spacial score (nSPS) is 20.8. The molecule has 0 saturated heterocycles. The number of rotatable bonds is 7. The quantitative estimate of drug-likeness (QED) is 0.597. The topological polar surface area (TPSA) is 66.4 Å². The van der Waals surface area contributed by atoms with E-state index in [1.807, 2.05) is 0 Å². The van der Waals surface area contributed by atoms with E-state index in [-0.39, 0.29) is 23.6 Å². The highest BCUT2D eigenvalue weighted by molar-refractivity contribution is 7.99. The van der Waals surface area contributed by atoms with Gasteiger partial charge in [0.25, 0.3) is 0 Å². The van der Waals surface area contributed by atoms with Crippen LogP contribution < -0.4 is 5.32 Å². The SMILES string of the molecule is O=C(O)[C@@H]1CC[C@H](C(=O)NCCCSc2ccc(F)cc2)C1. The van der Waals surface area contributed by atoms with Crippen LogP contribution in [0.15, 0.2) is 29.2 Å². The molecule has 0 aliphatic heterocycles. The summed E-state index contributed by atoms with van der Waals surface area (Å²) in [5.74, 6) is -0.765. The molecular formula is C16H20FNO3S. The van der Waals surface area contributed by atoms with E-state index in [9.17, 15) is 14.0 Å². The Labute approximate surface area is 133 Å². The largest absolute Gasteiger partial charge is 0.481 e. The fraction of sp³-hybridized carbons (Fsp3) is 0.500. The van der Waals surface area contributed by atoms with Crippen molar-refractivity contribution in [3.05, 3.63) is 30.1 Å². The van der Waals surface area contributed by atoms with Crippen LogP contribution in [0.5, 0.6) is 0 Å².